The molecule has 1 heterocycles. The largest absolute Gasteiger partial charge is 0.241 e. The van der Waals surface area contributed by atoms with E-state index < -0.39 is 10.0 Å². The molecule has 10 heavy (non-hydrogen) atoms. The first-order valence-electron chi connectivity index (χ1n) is 2.62. The van der Waals surface area contributed by atoms with Crippen LogP contribution in [-0.2, 0) is 10.0 Å². The van der Waals surface area contributed by atoms with Gasteiger partial charge in [-0.2, -0.15) is 11.3 Å². The minimum atomic E-state index is -3.19. The molecule has 0 saturated carbocycles. The second kappa shape index (κ2) is 2.69. The van der Waals surface area contributed by atoms with Gasteiger partial charge in [-0.05, 0) is 18.5 Å². The van der Waals surface area contributed by atoms with Crippen LogP contribution in [0.5, 0.6) is 0 Å². The van der Waals surface area contributed by atoms with Crippen LogP contribution in [0.1, 0.15) is 0 Å². The third kappa shape index (κ3) is 1.36. The van der Waals surface area contributed by atoms with Crippen molar-refractivity contribution in [2.45, 2.75) is 4.90 Å². The third-order valence-electron chi connectivity index (χ3n) is 1.07. The summed E-state index contributed by atoms with van der Waals surface area (Å²) in [6.07, 6.45) is 0. The highest BCUT2D eigenvalue weighted by Crippen LogP contribution is 2.11. The molecule has 1 rings (SSSR count). The van der Waals surface area contributed by atoms with E-state index in [1.54, 1.807) is 16.8 Å². The molecule has 0 aliphatic rings. The summed E-state index contributed by atoms with van der Waals surface area (Å²) in [6.45, 7) is 0. The molecule has 0 spiro atoms. The molecule has 0 aliphatic heterocycles. The summed E-state index contributed by atoms with van der Waals surface area (Å²) in [4.78, 5) is 0.333. The van der Waals surface area contributed by atoms with Crippen LogP contribution in [0.2, 0.25) is 0 Å². The summed E-state index contributed by atoms with van der Waals surface area (Å²) >= 11 is 1.36. The Morgan fingerprint density at radius 3 is 2.70 bits per heavy atom. The highest BCUT2D eigenvalue weighted by atomic mass is 32.2. The maximum atomic E-state index is 11.0. The van der Waals surface area contributed by atoms with Gasteiger partial charge in [-0.1, -0.05) is 0 Å². The Bertz CT molecular complexity index is 287. The van der Waals surface area contributed by atoms with Crippen LogP contribution in [0.25, 0.3) is 0 Å². The van der Waals surface area contributed by atoms with E-state index in [4.69, 9.17) is 0 Å². The normalized spacial score (nSPS) is 11.7. The first-order valence-corrected chi connectivity index (χ1v) is 5.05. The lowest BCUT2D eigenvalue weighted by atomic mass is 10.7. The zero-order valence-electron chi connectivity index (χ0n) is 5.37. The molecule has 0 amide bonds. The summed E-state index contributed by atoms with van der Waals surface area (Å²) in [5.74, 6) is 0. The average molecular weight is 177 g/mol. The van der Waals surface area contributed by atoms with Gasteiger partial charge >= 0.3 is 0 Å². The molecule has 56 valence electrons. The second-order valence-electron chi connectivity index (χ2n) is 1.67. The van der Waals surface area contributed by atoms with E-state index in [0.717, 1.165) is 0 Å². The van der Waals surface area contributed by atoms with Gasteiger partial charge in [0.2, 0.25) is 10.0 Å². The number of nitrogens with one attached hydrogen (secondary N) is 1. The highest BCUT2D eigenvalue weighted by molar-refractivity contribution is 7.89. The number of hydrogen-bond acceptors (Lipinski definition) is 3. The fourth-order valence-corrected chi connectivity index (χ4v) is 2.28. The van der Waals surface area contributed by atoms with Gasteiger partial charge in [0.1, 0.15) is 0 Å². The van der Waals surface area contributed by atoms with Crippen molar-refractivity contribution in [2.24, 2.45) is 0 Å². The first kappa shape index (κ1) is 7.71. The van der Waals surface area contributed by atoms with E-state index in [2.05, 4.69) is 4.72 Å². The fraction of sp³-hybridized carbons (Fsp3) is 0.200. The van der Waals surface area contributed by atoms with E-state index in [0.29, 0.717) is 4.90 Å². The van der Waals surface area contributed by atoms with E-state index >= 15 is 0 Å². The predicted molar refractivity (Wildman–Crippen MR) is 40.6 cm³/mol. The molecule has 0 bridgehead atoms. The topological polar surface area (TPSA) is 46.2 Å². The van der Waals surface area contributed by atoms with Gasteiger partial charge in [0.15, 0.2) is 0 Å². The van der Waals surface area contributed by atoms with Crippen molar-refractivity contribution in [3.63, 3.8) is 0 Å². The molecule has 5 heteroatoms. The maximum absolute atomic E-state index is 11.0. The average Bonchev–Trinajstić information content (AvgIpc) is 2.38. The SMILES string of the molecule is CNS(=O)(=O)c1ccsc1. The van der Waals surface area contributed by atoms with Crippen molar-refractivity contribution in [3.8, 4) is 0 Å². The van der Waals surface area contributed by atoms with Crippen LogP contribution in [0.15, 0.2) is 21.7 Å². The molecular weight excluding hydrogens is 170 g/mol. The Balaban J connectivity index is 3.09. The molecule has 1 aromatic heterocycles. The summed E-state index contributed by atoms with van der Waals surface area (Å²) in [5, 5.41) is 3.32. The summed E-state index contributed by atoms with van der Waals surface area (Å²) in [5.41, 5.74) is 0. The molecule has 0 radical (unpaired) electrons. The van der Waals surface area contributed by atoms with E-state index in [1.165, 1.54) is 18.4 Å². The molecule has 0 aromatic carbocycles. The van der Waals surface area contributed by atoms with Crippen LogP contribution in [0.4, 0.5) is 0 Å². The summed E-state index contributed by atoms with van der Waals surface area (Å²) < 4.78 is 24.1. The monoisotopic (exact) mass is 177 g/mol. The zero-order chi connectivity index (χ0) is 7.61. The number of rotatable bonds is 2. The van der Waals surface area contributed by atoms with Crippen LogP contribution in [0, 0.1) is 0 Å². The minimum absolute atomic E-state index is 0.333. The van der Waals surface area contributed by atoms with Gasteiger partial charge in [0.05, 0.1) is 4.90 Å². The van der Waals surface area contributed by atoms with Crippen molar-refractivity contribution in [3.05, 3.63) is 16.8 Å². The Morgan fingerprint density at radius 2 is 2.30 bits per heavy atom. The number of thiophene rings is 1. The zero-order valence-corrected chi connectivity index (χ0v) is 7.00. The van der Waals surface area contributed by atoms with Crippen molar-refractivity contribution in [1.29, 1.82) is 0 Å². The van der Waals surface area contributed by atoms with Gasteiger partial charge < -0.3 is 0 Å². The lowest BCUT2D eigenvalue weighted by Gasteiger charge is -1.95. The van der Waals surface area contributed by atoms with Crippen LogP contribution >= 0.6 is 11.3 Å². The minimum Gasteiger partial charge on any atom is -0.214 e. The van der Waals surface area contributed by atoms with Crippen LogP contribution in [-0.4, -0.2) is 15.5 Å². The number of hydrogen-bond donors (Lipinski definition) is 1. The van der Waals surface area contributed by atoms with Crippen molar-refractivity contribution < 1.29 is 8.42 Å². The lowest BCUT2D eigenvalue weighted by Crippen LogP contribution is -2.17. The smallest absolute Gasteiger partial charge is 0.214 e. The Hall–Kier alpha value is -0.390. The molecule has 0 saturated heterocycles. The lowest BCUT2D eigenvalue weighted by molar-refractivity contribution is 0.588. The fourth-order valence-electron chi connectivity index (χ4n) is 0.523. The number of sulfonamides is 1. The quantitative estimate of drug-likeness (QED) is 0.721. The molecule has 0 aliphatic carbocycles. The Labute approximate surface area is 63.7 Å². The van der Waals surface area contributed by atoms with Gasteiger partial charge in [0, 0.05) is 5.38 Å². The molecule has 0 atom stereocenters. The van der Waals surface area contributed by atoms with Crippen LogP contribution < -0.4 is 4.72 Å². The van der Waals surface area contributed by atoms with E-state index in [1.807, 2.05) is 0 Å². The molecule has 3 nitrogen and oxygen atoms in total. The van der Waals surface area contributed by atoms with Gasteiger partial charge in [-0.3, -0.25) is 0 Å². The van der Waals surface area contributed by atoms with E-state index in [9.17, 15) is 8.42 Å². The van der Waals surface area contributed by atoms with Gasteiger partial charge in [0.25, 0.3) is 0 Å². The predicted octanol–water partition coefficient (Wildman–Crippen LogP) is 0.656. The van der Waals surface area contributed by atoms with Crippen molar-refractivity contribution in [1.82, 2.24) is 4.72 Å². The summed E-state index contributed by atoms with van der Waals surface area (Å²) in [6, 6.07) is 1.57. The second-order valence-corrected chi connectivity index (χ2v) is 4.33. The molecule has 0 unspecified atom stereocenters. The molecule has 1 N–H and O–H groups in total. The van der Waals surface area contributed by atoms with Crippen molar-refractivity contribution >= 4 is 21.4 Å². The van der Waals surface area contributed by atoms with E-state index in [-0.39, 0.29) is 0 Å². The first-order chi connectivity index (χ1) is 4.67. The Kier molecular flexibility index (Phi) is 2.08. The highest BCUT2D eigenvalue weighted by Gasteiger charge is 2.09. The summed E-state index contributed by atoms with van der Waals surface area (Å²) in [7, 11) is -1.80. The van der Waals surface area contributed by atoms with Crippen molar-refractivity contribution in [2.75, 3.05) is 7.05 Å². The molecule has 0 fully saturated rings. The Morgan fingerprint density at radius 1 is 1.60 bits per heavy atom. The standard InChI is InChI=1S/C5H7NO2S2/c1-6-10(7,8)5-2-3-9-4-5/h2-4,6H,1H3. The maximum Gasteiger partial charge on any atom is 0.241 e. The van der Waals surface area contributed by atoms with Gasteiger partial charge in [-0.25, -0.2) is 13.1 Å². The third-order valence-corrected chi connectivity index (χ3v) is 3.32. The molecular formula is C5H7NO2S2. The molecule has 1 aromatic rings. The van der Waals surface area contributed by atoms with Crippen LogP contribution in [0.3, 0.4) is 0 Å². The van der Waals surface area contributed by atoms with Gasteiger partial charge in [-0.15, -0.1) is 0 Å².